The molecule has 1 saturated heterocycles. The summed E-state index contributed by atoms with van der Waals surface area (Å²) in [6.45, 7) is 15.3. The van der Waals surface area contributed by atoms with Crippen LogP contribution < -0.4 is 5.32 Å². The maximum atomic E-state index is 10.7. The van der Waals surface area contributed by atoms with Crippen LogP contribution in [0.3, 0.4) is 0 Å². The monoisotopic (exact) mass is 330 g/mol. The van der Waals surface area contributed by atoms with Gasteiger partial charge < -0.3 is 19.7 Å². The van der Waals surface area contributed by atoms with Gasteiger partial charge in [-0.2, -0.15) is 0 Å². The summed E-state index contributed by atoms with van der Waals surface area (Å²) in [7, 11) is -1.62. The average Bonchev–Trinajstić information content (AvgIpc) is 2.58. The van der Waals surface area contributed by atoms with Gasteiger partial charge in [0.2, 0.25) is 0 Å². The molecule has 1 fully saturated rings. The topological polar surface area (TPSA) is 61.8 Å². The lowest BCUT2D eigenvalue weighted by atomic mass is 10.1. The summed E-state index contributed by atoms with van der Waals surface area (Å²) in [6.07, 6.45) is 3.08. The van der Waals surface area contributed by atoms with Crippen LogP contribution in [0.4, 0.5) is 4.79 Å². The Morgan fingerprint density at radius 3 is 2.59 bits per heavy atom. The van der Waals surface area contributed by atoms with Gasteiger partial charge in [0.25, 0.3) is 0 Å². The third-order valence-corrected chi connectivity index (χ3v) is 9.57. The second-order valence-electron chi connectivity index (χ2n) is 7.88. The summed E-state index contributed by atoms with van der Waals surface area (Å²) < 4.78 is 6.21. The highest BCUT2D eigenvalue weighted by Crippen LogP contribution is 2.36. The standard InChI is InChI=1S/C16H34N2O3Si/c1-16(2,3)22(4,5)21-13-7-11-18-10-6-8-14(9-12-18)17-15(19)20/h14,17H,6-13H2,1-5H3,(H,19,20)/t14-/m0/s1. The number of hydrogen-bond acceptors (Lipinski definition) is 3. The predicted molar refractivity (Wildman–Crippen MR) is 93.0 cm³/mol. The minimum absolute atomic E-state index is 0.117. The van der Waals surface area contributed by atoms with Crippen LogP contribution in [-0.2, 0) is 4.43 Å². The molecule has 0 aliphatic carbocycles. The number of carbonyl (C=O) groups is 1. The van der Waals surface area contributed by atoms with E-state index >= 15 is 0 Å². The van der Waals surface area contributed by atoms with E-state index in [0.29, 0.717) is 0 Å². The third-order valence-electron chi connectivity index (χ3n) is 5.04. The van der Waals surface area contributed by atoms with Crippen LogP contribution in [0.1, 0.15) is 46.5 Å². The molecule has 1 amide bonds. The van der Waals surface area contributed by atoms with E-state index in [2.05, 4.69) is 44.1 Å². The predicted octanol–water partition coefficient (Wildman–Crippen LogP) is 3.52. The number of hydrogen-bond donors (Lipinski definition) is 2. The fourth-order valence-corrected chi connectivity index (χ4v) is 3.62. The van der Waals surface area contributed by atoms with Gasteiger partial charge in [0.05, 0.1) is 0 Å². The van der Waals surface area contributed by atoms with Crippen molar-refractivity contribution in [2.75, 3.05) is 26.2 Å². The first-order chi connectivity index (χ1) is 10.1. The van der Waals surface area contributed by atoms with Crippen LogP contribution in [0.2, 0.25) is 18.1 Å². The van der Waals surface area contributed by atoms with Crippen LogP contribution in [0, 0.1) is 0 Å². The molecule has 0 bridgehead atoms. The van der Waals surface area contributed by atoms with E-state index in [0.717, 1.165) is 51.9 Å². The number of carboxylic acid groups (broad SMARTS) is 1. The van der Waals surface area contributed by atoms with Crippen LogP contribution >= 0.6 is 0 Å². The molecule has 1 atom stereocenters. The maximum Gasteiger partial charge on any atom is 0.404 e. The van der Waals surface area contributed by atoms with E-state index in [1.807, 2.05) is 0 Å². The molecule has 0 unspecified atom stereocenters. The molecule has 0 aromatic heterocycles. The van der Waals surface area contributed by atoms with Gasteiger partial charge in [-0.3, -0.25) is 0 Å². The van der Waals surface area contributed by atoms with Gasteiger partial charge in [-0.25, -0.2) is 4.79 Å². The Hall–Kier alpha value is -0.593. The lowest BCUT2D eigenvalue weighted by Gasteiger charge is -2.36. The van der Waals surface area contributed by atoms with Crippen molar-refractivity contribution < 1.29 is 14.3 Å². The summed E-state index contributed by atoms with van der Waals surface area (Å²) in [5.41, 5.74) is 0. The molecule has 130 valence electrons. The Labute approximate surface area is 136 Å². The van der Waals surface area contributed by atoms with E-state index in [1.54, 1.807) is 0 Å². The van der Waals surface area contributed by atoms with Crippen molar-refractivity contribution in [1.82, 2.24) is 10.2 Å². The molecule has 0 spiro atoms. The molecular weight excluding hydrogens is 296 g/mol. The Morgan fingerprint density at radius 2 is 2.00 bits per heavy atom. The highest BCUT2D eigenvalue weighted by molar-refractivity contribution is 6.74. The number of nitrogens with zero attached hydrogens (tertiary/aromatic N) is 1. The van der Waals surface area contributed by atoms with Crippen molar-refractivity contribution in [3.05, 3.63) is 0 Å². The maximum absolute atomic E-state index is 10.7. The number of likely N-dealkylation sites (tertiary alicyclic amines) is 1. The van der Waals surface area contributed by atoms with Gasteiger partial charge in [-0.05, 0) is 50.4 Å². The molecule has 6 heteroatoms. The number of rotatable bonds is 6. The Balaban J connectivity index is 2.24. The van der Waals surface area contributed by atoms with Gasteiger partial charge in [0, 0.05) is 25.7 Å². The minimum Gasteiger partial charge on any atom is -0.465 e. The number of amides is 1. The average molecular weight is 331 g/mol. The van der Waals surface area contributed by atoms with E-state index in [9.17, 15) is 4.79 Å². The molecule has 1 aliphatic rings. The quantitative estimate of drug-likeness (QED) is 0.578. The summed E-state index contributed by atoms with van der Waals surface area (Å²) in [5, 5.41) is 11.7. The molecule has 0 radical (unpaired) electrons. The zero-order chi connectivity index (χ0) is 16.8. The largest absolute Gasteiger partial charge is 0.465 e. The number of nitrogens with one attached hydrogen (secondary N) is 1. The molecular formula is C16H34N2O3Si. The van der Waals surface area contributed by atoms with E-state index in [1.165, 1.54) is 0 Å². The molecule has 22 heavy (non-hydrogen) atoms. The normalized spacial score (nSPS) is 21.4. The van der Waals surface area contributed by atoms with Gasteiger partial charge in [0.15, 0.2) is 8.32 Å². The first-order valence-electron chi connectivity index (χ1n) is 8.47. The highest BCUT2D eigenvalue weighted by atomic mass is 28.4. The fraction of sp³-hybridized carbons (Fsp3) is 0.938. The molecule has 0 saturated carbocycles. The second kappa shape index (κ2) is 8.31. The van der Waals surface area contributed by atoms with Gasteiger partial charge in [-0.1, -0.05) is 20.8 Å². The Kier molecular flexibility index (Phi) is 7.35. The lowest BCUT2D eigenvalue weighted by Crippen LogP contribution is -2.41. The second-order valence-corrected chi connectivity index (χ2v) is 12.7. The van der Waals surface area contributed by atoms with Crippen LogP contribution in [0.25, 0.3) is 0 Å². The summed E-state index contributed by atoms with van der Waals surface area (Å²) in [5.74, 6) is 0. The molecule has 1 heterocycles. The van der Waals surface area contributed by atoms with Crippen LogP contribution in [-0.4, -0.2) is 56.7 Å². The van der Waals surface area contributed by atoms with Crippen molar-refractivity contribution in [2.24, 2.45) is 0 Å². The van der Waals surface area contributed by atoms with Crippen molar-refractivity contribution in [3.8, 4) is 0 Å². The van der Waals surface area contributed by atoms with Crippen LogP contribution in [0.5, 0.6) is 0 Å². The fourth-order valence-electron chi connectivity index (χ4n) is 2.53. The zero-order valence-electron chi connectivity index (χ0n) is 14.9. The van der Waals surface area contributed by atoms with E-state index < -0.39 is 14.4 Å². The van der Waals surface area contributed by atoms with Crippen molar-refractivity contribution in [1.29, 1.82) is 0 Å². The van der Waals surface area contributed by atoms with Crippen LogP contribution in [0.15, 0.2) is 0 Å². The zero-order valence-corrected chi connectivity index (χ0v) is 15.9. The first-order valence-corrected chi connectivity index (χ1v) is 11.4. The molecule has 0 aromatic carbocycles. The summed E-state index contributed by atoms with van der Waals surface area (Å²) in [4.78, 5) is 13.2. The SMILES string of the molecule is CC(C)(C)[Si](C)(C)OCCCN1CCC[C@H](NC(=O)O)CC1. The van der Waals surface area contributed by atoms with E-state index in [4.69, 9.17) is 9.53 Å². The third kappa shape index (κ3) is 6.67. The van der Waals surface area contributed by atoms with Gasteiger partial charge in [0.1, 0.15) is 0 Å². The smallest absolute Gasteiger partial charge is 0.404 e. The van der Waals surface area contributed by atoms with Crippen molar-refractivity contribution >= 4 is 14.4 Å². The van der Waals surface area contributed by atoms with E-state index in [-0.39, 0.29) is 11.1 Å². The molecule has 0 aromatic rings. The summed E-state index contributed by atoms with van der Waals surface area (Å²) >= 11 is 0. The minimum atomic E-state index is -1.62. The van der Waals surface area contributed by atoms with Gasteiger partial charge >= 0.3 is 6.09 Å². The molecule has 1 rings (SSSR count). The highest BCUT2D eigenvalue weighted by Gasteiger charge is 2.36. The van der Waals surface area contributed by atoms with Crippen molar-refractivity contribution in [2.45, 2.75) is 70.6 Å². The molecule has 2 N–H and O–H groups in total. The molecule has 5 nitrogen and oxygen atoms in total. The van der Waals surface area contributed by atoms with Gasteiger partial charge in [-0.15, -0.1) is 0 Å². The molecule has 1 aliphatic heterocycles. The van der Waals surface area contributed by atoms with Crippen molar-refractivity contribution in [3.63, 3.8) is 0 Å². The first kappa shape index (κ1) is 19.5. The Morgan fingerprint density at radius 1 is 1.32 bits per heavy atom. The lowest BCUT2D eigenvalue weighted by molar-refractivity contribution is 0.188. The summed E-state index contributed by atoms with van der Waals surface area (Å²) in [6, 6.07) is 0.117. The Bertz CT molecular complexity index is 356.